The van der Waals surface area contributed by atoms with E-state index in [4.69, 9.17) is 4.74 Å². The van der Waals surface area contributed by atoms with Gasteiger partial charge in [-0.05, 0) is 31.5 Å². The van der Waals surface area contributed by atoms with Crippen LogP contribution >= 0.6 is 0 Å². The number of carbonyl (C=O) groups excluding carboxylic acids is 1. The quantitative estimate of drug-likeness (QED) is 0.581. The van der Waals surface area contributed by atoms with E-state index in [1.807, 2.05) is 0 Å². The van der Waals surface area contributed by atoms with Gasteiger partial charge in [-0.1, -0.05) is 12.1 Å². The third-order valence-electron chi connectivity index (χ3n) is 2.26. The molecule has 1 aromatic rings. The highest BCUT2D eigenvalue weighted by Crippen LogP contribution is 2.32. The molecule has 0 saturated heterocycles. The monoisotopic (exact) mass is 223 g/mol. The van der Waals surface area contributed by atoms with Gasteiger partial charge in [0, 0.05) is 0 Å². The molecule has 0 spiro atoms. The van der Waals surface area contributed by atoms with Gasteiger partial charge in [-0.15, -0.1) is 0 Å². The van der Waals surface area contributed by atoms with Crippen LogP contribution in [0.2, 0.25) is 0 Å². The molecule has 0 N–H and O–H groups in total. The number of hydrogen-bond acceptors (Lipinski definition) is 3. The van der Waals surface area contributed by atoms with Crippen LogP contribution < -0.4 is 4.74 Å². The lowest BCUT2D eigenvalue weighted by molar-refractivity contribution is 0.175. The van der Waals surface area contributed by atoms with E-state index in [9.17, 15) is 9.18 Å². The Hall–Kier alpha value is -1.67. The summed E-state index contributed by atoms with van der Waals surface area (Å²) >= 11 is 0. The maximum Gasteiger partial charge on any atom is 0.235 e. The molecule has 4 heteroatoms. The van der Waals surface area contributed by atoms with Crippen LogP contribution in [0.1, 0.15) is 25.5 Å². The molecule has 3 nitrogen and oxygen atoms in total. The van der Waals surface area contributed by atoms with Crippen LogP contribution in [0.25, 0.3) is 0 Å². The van der Waals surface area contributed by atoms with Crippen molar-refractivity contribution in [1.82, 2.24) is 0 Å². The molecule has 1 rings (SSSR count). The Morgan fingerprint density at radius 1 is 1.38 bits per heavy atom. The van der Waals surface area contributed by atoms with Gasteiger partial charge in [-0.3, -0.25) is 0 Å². The molecule has 16 heavy (non-hydrogen) atoms. The number of ether oxygens (including phenoxy) is 1. The maximum absolute atomic E-state index is 13.8. The third kappa shape index (κ3) is 2.91. The smallest absolute Gasteiger partial charge is 0.235 e. The van der Waals surface area contributed by atoms with Crippen LogP contribution in [0.5, 0.6) is 5.75 Å². The fourth-order valence-corrected chi connectivity index (χ4v) is 1.46. The van der Waals surface area contributed by atoms with E-state index in [0.29, 0.717) is 11.3 Å². The van der Waals surface area contributed by atoms with Gasteiger partial charge in [0.05, 0.1) is 7.11 Å². The zero-order valence-electron chi connectivity index (χ0n) is 9.53. The van der Waals surface area contributed by atoms with Crippen LogP contribution in [0.15, 0.2) is 29.3 Å². The second-order valence-corrected chi connectivity index (χ2v) is 3.96. The van der Waals surface area contributed by atoms with Gasteiger partial charge in [-0.2, -0.15) is 4.99 Å². The van der Waals surface area contributed by atoms with Crippen molar-refractivity contribution in [2.45, 2.75) is 25.6 Å². The maximum atomic E-state index is 13.8. The molecular weight excluding hydrogens is 209 g/mol. The lowest BCUT2D eigenvalue weighted by Crippen LogP contribution is -2.22. The molecule has 86 valence electrons. The molecule has 0 aliphatic rings. The molecule has 0 aliphatic carbocycles. The lowest BCUT2D eigenvalue weighted by atomic mass is 9.94. The minimum Gasteiger partial charge on any atom is -0.497 e. The highest BCUT2D eigenvalue weighted by atomic mass is 19.1. The number of benzene rings is 1. The van der Waals surface area contributed by atoms with Gasteiger partial charge >= 0.3 is 0 Å². The zero-order chi connectivity index (χ0) is 12.2. The summed E-state index contributed by atoms with van der Waals surface area (Å²) in [5.41, 5.74) is -0.983. The Labute approximate surface area is 94.0 Å². The molecule has 0 saturated carbocycles. The number of methoxy groups -OCH3 is 1. The number of isocyanates is 1. The largest absolute Gasteiger partial charge is 0.497 e. The number of rotatable bonds is 4. The number of halogens is 1. The van der Waals surface area contributed by atoms with Crippen molar-refractivity contribution in [1.29, 1.82) is 0 Å². The summed E-state index contributed by atoms with van der Waals surface area (Å²) in [6.07, 6.45) is 1.41. The van der Waals surface area contributed by atoms with E-state index >= 15 is 0 Å². The van der Waals surface area contributed by atoms with Crippen LogP contribution in [0, 0.1) is 0 Å². The molecule has 0 aliphatic heterocycles. The summed E-state index contributed by atoms with van der Waals surface area (Å²) in [5.74, 6) is 0.675. The minimum absolute atomic E-state index is 0.622. The number of hydrogen-bond donors (Lipinski definition) is 0. The predicted molar refractivity (Wildman–Crippen MR) is 59.0 cm³/mol. The summed E-state index contributed by atoms with van der Waals surface area (Å²) in [6, 6.07) is 5.94. The first-order chi connectivity index (χ1) is 7.49. The van der Waals surface area contributed by atoms with Crippen molar-refractivity contribution in [3.05, 3.63) is 29.8 Å². The molecule has 0 heterocycles. The predicted octanol–water partition coefficient (Wildman–Crippen LogP) is 2.82. The van der Waals surface area contributed by atoms with E-state index in [0.717, 1.165) is 0 Å². The van der Waals surface area contributed by atoms with E-state index in [1.54, 1.807) is 31.4 Å². The fraction of sp³-hybridized carbons (Fsp3) is 0.417. The van der Waals surface area contributed by atoms with Crippen molar-refractivity contribution in [2.75, 3.05) is 7.11 Å². The standard InChI is InChI=1S/C12H14FNO2/c1-12(2,13)11(14-8-15)9-4-6-10(16-3)7-5-9/h4-7,11H,1-3H3. The first-order valence-corrected chi connectivity index (χ1v) is 4.89. The van der Waals surface area contributed by atoms with Crippen molar-refractivity contribution in [3.8, 4) is 5.75 Å². The molecule has 0 radical (unpaired) electrons. The summed E-state index contributed by atoms with van der Waals surface area (Å²) in [6.45, 7) is 2.76. The Kier molecular flexibility index (Phi) is 3.80. The van der Waals surface area contributed by atoms with E-state index in [2.05, 4.69) is 4.99 Å². The summed E-state index contributed by atoms with van der Waals surface area (Å²) in [5, 5.41) is 0. The van der Waals surface area contributed by atoms with Crippen LogP contribution in [0.4, 0.5) is 4.39 Å². The van der Waals surface area contributed by atoms with Crippen molar-refractivity contribution >= 4 is 6.08 Å². The first kappa shape index (κ1) is 12.4. The molecular formula is C12H14FNO2. The van der Waals surface area contributed by atoms with E-state index in [1.165, 1.54) is 19.9 Å². The molecule has 0 amide bonds. The summed E-state index contributed by atoms with van der Waals surface area (Å²) < 4.78 is 18.8. The highest BCUT2D eigenvalue weighted by molar-refractivity contribution is 5.38. The van der Waals surface area contributed by atoms with E-state index in [-0.39, 0.29) is 0 Å². The minimum atomic E-state index is -1.61. The molecule has 0 aromatic heterocycles. The fourth-order valence-electron chi connectivity index (χ4n) is 1.46. The van der Waals surface area contributed by atoms with Gasteiger partial charge in [0.15, 0.2) is 0 Å². The topological polar surface area (TPSA) is 38.7 Å². The number of nitrogens with zero attached hydrogens (tertiary/aromatic N) is 1. The van der Waals surface area contributed by atoms with Gasteiger partial charge in [-0.25, -0.2) is 9.18 Å². The third-order valence-corrected chi connectivity index (χ3v) is 2.26. The summed E-state index contributed by atoms with van der Waals surface area (Å²) in [4.78, 5) is 13.8. The molecule has 1 atom stereocenters. The Bertz CT molecular complexity index is 388. The second-order valence-electron chi connectivity index (χ2n) is 3.96. The van der Waals surface area contributed by atoms with Gasteiger partial charge < -0.3 is 4.74 Å². The van der Waals surface area contributed by atoms with Crippen molar-refractivity contribution in [3.63, 3.8) is 0 Å². The van der Waals surface area contributed by atoms with E-state index < -0.39 is 11.7 Å². The average molecular weight is 223 g/mol. The summed E-state index contributed by atoms with van der Waals surface area (Å²) in [7, 11) is 1.55. The number of alkyl halides is 1. The highest BCUT2D eigenvalue weighted by Gasteiger charge is 2.30. The Morgan fingerprint density at radius 3 is 2.31 bits per heavy atom. The second kappa shape index (κ2) is 4.90. The molecule has 1 unspecified atom stereocenters. The van der Waals surface area contributed by atoms with Crippen LogP contribution in [-0.4, -0.2) is 18.9 Å². The normalized spacial score (nSPS) is 12.8. The van der Waals surface area contributed by atoms with Crippen LogP contribution in [0.3, 0.4) is 0 Å². The van der Waals surface area contributed by atoms with Gasteiger partial charge in [0.2, 0.25) is 6.08 Å². The molecule has 0 bridgehead atoms. The SMILES string of the molecule is COc1ccc(C(N=C=O)C(C)(C)F)cc1. The van der Waals surface area contributed by atoms with Gasteiger partial charge in [0.1, 0.15) is 17.5 Å². The van der Waals surface area contributed by atoms with Crippen molar-refractivity contribution < 1.29 is 13.9 Å². The Balaban J connectivity index is 3.07. The lowest BCUT2D eigenvalue weighted by Gasteiger charge is -2.22. The Morgan fingerprint density at radius 2 is 1.94 bits per heavy atom. The first-order valence-electron chi connectivity index (χ1n) is 4.89. The molecule has 0 fully saturated rings. The van der Waals surface area contributed by atoms with Crippen LogP contribution in [-0.2, 0) is 4.79 Å². The zero-order valence-corrected chi connectivity index (χ0v) is 9.53. The molecule has 1 aromatic carbocycles. The number of aliphatic imine (C=N–C) groups is 1. The van der Waals surface area contributed by atoms with Crippen molar-refractivity contribution in [2.24, 2.45) is 4.99 Å². The van der Waals surface area contributed by atoms with Gasteiger partial charge in [0.25, 0.3) is 0 Å². The average Bonchev–Trinajstić information content (AvgIpc) is 2.25.